The molecular weight excluding hydrogens is 332 g/mol. The van der Waals surface area contributed by atoms with Crippen molar-refractivity contribution in [3.63, 3.8) is 0 Å². The van der Waals surface area contributed by atoms with Gasteiger partial charge in [-0.1, -0.05) is 17.7 Å². The molecule has 1 N–H and O–H groups in total. The molecule has 0 saturated carbocycles. The molecule has 0 spiro atoms. The lowest BCUT2D eigenvalue weighted by atomic mass is 10.0. The van der Waals surface area contributed by atoms with Crippen molar-refractivity contribution in [3.05, 3.63) is 58.9 Å². The molecule has 2 aromatic heterocycles. The van der Waals surface area contributed by atoms with Crippen LogP contribution < -0.4 is 5.32 Å². The number of nitrogens with zero attached hydrogens (tertiary/aromatic N) is 3. The molecule has 1 aromatic carbocycles. The summed E-state index contributed by atoms with van der Waals surface area (Å²) < 4.78 is 2.55. The number of benzene rings is 1. The summed E-state index contributed by atoms with van der Waals surface area (Å²) in [5.74, 6) is 0.955. The number of hydrogen-bond donors (Lipinski definition) is 1. The van der Waals surface area contributed by atoms with Crippen molar-refractivity contribution in [2.24, 2.45) is 0 Å². The maximum atomic E-state index is 4.56. The zero-order valence-electron chi connectivity index (χ0n) is 16.9. The highest BCUT2D eigenvalue weighted by Gasteiger charge is 2.22. The Balaban J connectivity index is 1.60. The fourth-order valence-electron chi connectivity index (χ4n) is 4.15. The summed E-state index contributed by atoms with van der Waals surface area (Å²) in [4.78, 5) is 6.99. The van der Waals surface area contributed by atoms with Gasteiger partial charge in [0.15, 0.2) is 0 Å². The molecule has 0 fully saturated rings. The number of likely N-dealkylation sites (N-methyl/N-ethyl adjacent to an activating group) is 1. The molecule has 27 heavy (non-hydrogen) atoms. The molecule has 0 atom stereocenters. The third-order valence-corrected chi connectivity index (χ3v) is 5.49. The van der Waals surface area contributed by atoms with Gasteiger partial charge < -0.3 is 14.8 Å². The second kappa shape index (κ2) is 7.35. The number of fused-ring (bicyclic) bond motifs is 3. The minimum absolute atomic E-state index is 0.405. The zero-order chi connectivity index (χ0) is 19.0. The predicted octanol–water partition coefficient (Wildman–Crippen LogP) is 4.40. The van der Waals surface area contributed by atoms with E-state index in [1.807, 2.05) is 6.20 Å². The van der Waals surface area contributed by atoms with Gasteiger partial charge >= 0.3 is 0 Å². The minimum Gasteiger partial charge on any atom is -0.368 e. The quantitative estimate of drug-likeness (QED) is 0.730. The van der Waals surface area contributed by atoms with E-state index in [1.54, 1.807) is 0 Å². The zero-order valence-corrected chi connectivity index (χ0v) is 16.9. The molecule has 0 radical (unpaired) electrons. The van der Waals surface area contributed by atoms with Crippen LogP contribution >= 0.6 is 0 Å². The highest BCUT2D eigenvalue weighted by atomic mass is 15.1. The van der Waals surface area contributed by atoms with Crippen LogP contribution in [0.5, 0.6) is 0 Å². The molecule has 0 unspecified atom stereocenters. The second-order valence-electron chi connectivity index (χ2n) is 8.19. The van der Waals surface area contributed by atoms with Crippen molar-refractivity contribution in [2.75, 3.05) is 18.9 Å². The maximum Gasteiger partial charge on any atom is 0.126 e. The Morgan fingerprint density at radius 2 is 2.04 bits per heavy atom. The highest BCUT2D eigenvalue weighted by molar-refractivity contribution is 5.86. The number of aryl methyl sites for hydroxylation is 3. The standard InChI is InChI=1S/C23H30N4/c1-16(2)25-23-8-6-18(14-24-23)9-12-27-21-7-5-17(3)13-19(21)20-15-26(4)11-10-22(20)27/h5-8,13-14,16H,9-12,15H2,1-4H3,(H,24,25). The molecule has 4 heteroatoms. The van der Waals surface area contributed by atoms with Gasteiger partial charge in [0.1, 0.15) is 5.82 Å². The summed E-state index contributed by atoms with van der Waals surface area (Å²) in [6, 6.07) is 11.6. The first kappa shape index (κ1) is 18.1. The van der Waals surface area contributed by atoms with E-state index in [2.05, 4.69) is 77.9 Å². The average molecular weight is 363 g/mol. The van der Waals surface area contributed by atoms with E-state index in [1.165, 1.54) is 33.3 Å². The lowest BCUT2D eigenvalue weighted by molar-refractivity contribution is 0.309. The van der Waals surface area contributed by atoms with Crippen LogP contribution in [-0.2, 0) is 25.9 Å². The molecule has 3 heterocycles. The normalized spacial score (nSPS) is 14.7. The molecule has 4 rings (SSSR count). The first-order chi connectivity index (χ1) is 13.0. The maximum absolute atomic E-state index is 4.56. The monoisotopic (exact) mass is 362 g/mol. The molecule has 0 amide bonds. The van der Waals surface area contributed by atoms with E-state index in [4.69, 9.17) is 0 Å². The Morgan fingerprint density at radius 1 is 1.19 bits per heavy atom. The van der Waals surface area contributed by atoms with E-state index in [9.17, 15) is 0 Å². The molecule has 142 valence electrons. The van der Waals surface area contributed by atoms with Crippen molar-refractivity contribution in [2.45, 2.75) is 52.7 Å². The van der Waals surface area contributed by atoms with Gasteiger partial charge in [-0.2, -0.15) is 0 Å². The van der Waals surface area contributed by atoms with Crippen LogP contribution in [0, 0.1) is 6.92 Å². The topological polar surface area (TPSA) is 33.1 Å². The molecule has 4 nitrogen and oxygen atoms in total. The van der Waals surface area contributed by atoms with Crippen LogP contribution in [0.4, 0.5) is 5.82 Å². The van der Waals surface area contributed by atoms with Crippen molar-refractivity contribution in [3.8, 4) is 0 Å². The van der Waals surface area contributed by atoms with Crippen LogP contribution in [0.3, 0.4) is 0 Å². The summed E-state index contributed by atoms with van der Waals surface area (Å²) in [5.41, 5.74) is 7.07. The molecule has 0 aliphatic carbocycles. The highest BCUT2D eigenvalue weighted by Crippen LogP contribution is 2.31. The minimum atomic E-state index is 0.405. The van der Waals surface area contributed by atoms with Gasteiger partial charge in [-0.3, -0.25) is 0 Å². The first-order valence-corrected chi connectivity index (χ1v) is 10.0. The number of nitrogens with one attached hydrogen (secondary N) is 1. The van der Waals surface area contributed by atoms with Gasteiger partial charge in [0.2, 0.25) is 0 Å². The van der Waals surface area contributed by atoms with Gasteiger partial charge in [-0.25, -0.2) is 4.98 Å². The third-order valence-electron chi connectivity index (χ3n) is 5.49. The predicted molar refractivity (Wildman–Crippen MR) is 113 cm³/mol. The molecular formula is C23H30N4. The first-order valence-electron chi connectivity index (χ1n) is 10.0. The van der Waals surface area contributed by atoms with Crippen LogP contribution in [0.25, 0.3) is 10.9 Å². The Morgan fingerprint density at radius 3 is 2.78 bits per heavy atom. The molecule has 1 aliphatic rings. The fourth-order valence-corrected chi connectivity index (χ4v) is 4.15. The molecule has 3 aromatic rings. The largest absolute Gasteiger partial charge is 0.368 e. The second-order valence-corrected chi connectivity index (χ2v) is 8.19. The smallest absolute Gasteiger partial charge is 0.126 e. The number of anilines is 1. The number of aromatic nitrogens is 2. The Bertz CT molecular complexity index is 937. The van der Waals surface area contributed by atoms with Crippen LogP contribution in [0.2, 0.25) is 0 Å². The van der Waals surface area contributed by atoms with Crippen molar-refractivity contribution in [1.29, 1.82) is 0 Å². The summed E-state index contributed by atoms with van der Waals surface area (Å²) in [6.45, 7) is 9.66. The van der Waals surface area contributed by atoms with E-state index >= 15 is 0 Å². The van der Waals surface area contributed by atoms with E-state index in [-0.39, 0.29) is 0 Å². The summed E-state index contributed by atoms with van der Waals surface area (Å²) in [5, 5.41) is 4.79. The summed E-state index contributed by atoms with van der Waals surface area (Å²) in [6.07, 6.45) is 4.16. The van der Waals surface area contributed by atoms with Gasteiger partial charge in [0, 0.05) is 54.9 Å². The number of pyridine rings is 1. The number of hydrogen-bond acceptors (Lipinski definition) is 3. The molecule has 0 saturated heterocycles. The fraction of sp³-hybridized carbons (Fsp3) is 0.435. The number of rotatable bonds is 5. The Kier molecular flexibility index (Phi) is 4.92. The van der Waals surface area contributed by atoms with Crippen LogP contribution in [0.15, 0.2) is 36.5 Å². The Labute approximate surface area is 162 Å². The van der Waals surface area contributed by atoms with Gasteiger partial charge in [-0.05, 0) is 63.6 Å². The average Bonchev–Trinajstić information content (AvgIpc) is 2.93. The lowest BCUT2D eigenvalue weighted by Gasteiger charge is -2.24. The molecule has 0 bridgehead atoms. The molecule has 1 aliphatic heterocycles. The van der Waals surface area contributed by atoms with E-state index in [0.717, 1.165) is 38.3 Å². The lowest BCUT2D eigenvalue weighted by Crippen LogP contribution is -2.27. The van der Waals surface area contributed by atoms with E-state index < -0.39 is 0 Å². The van der Waals surface area contributed by atoms with Crippen molar-refractivity contribution >= 4 is 16.7 Å². The summed E-state index contributed by atoms with van der Waals surface area (Å²) in [7, 11) is 2.22. The van der Waals surface area contributed by atoms with Gasteiger partial charge in [0.25, 0.3) is 0 Å². The van der Waals surface area contributed by atoms with Crippen LogP contribution in [0.1, 0.15) is 36.2 Å². The Hall–Kier alpha value is -2.33. The third kappa shape index (κ3) is 3.72. The van der Waals surface area contributed by atoms with Crippen molar-refractivity contribution < 1.29 is 0 Å². The van der Waals surface area contributed by atoms with E-state index in [0.29, 0.717) is 6.04 Å². The summed E-state index contributed by atoms with van der Waals surface area (Å²) >= 11 is 0. The van der Waals surface area contributed by atoms with Gasteiger partial charge in [0.05, 0.1) is 0 Å². The van der Waals surface area contributed by atoms with Crippen molar-refractivity contribution in [1.82, 2.24) is 14.5 Å². The SMILES string of the molecule is Cc1ccc2c(c1)c1c(n2CCc2ccc(NC(C)C)nc2)CCN(C)C1. The van der Waals surface area contributed by atoms with Gasteiger partial charge in [-0.15, -0.1) is 0 Å². The van der Waals surface area contributed by atoms with Crippen LogP contribution in [-0.4, -0.2) is 34.1 Å².